The monoisotopic (exact) mass is 646 g/mol. The summed E-state index contributed by atoms with van der Waals surface area (Å²) in [5, 5.41) is 0. The van der Waals surface area contributed by atoms with E-state index < -0.39 is 16.3 Å². The van der Waals surface area contributed by atoms with Crippen LogP contribution in [0.2, 0.25) is 0 Å². The minimum absolute atomic E-state index is 0.527. The zero-order chi connectivity index (χ0) is 31.0. The Morgan fingerprint density at radius 3 is 1.15 bits per heavy atom. The van der Waals surface area contributed by atoms with Gasteiger partial charge in [0.2, 0.25) is 0 Å². The molecule has 0 aromatic heterocycles. The fraction of sp³-hybridized carbons (Fsp3) is 0.429. The molecule has 2 saturated heterocycles. The van der Waals surface area contributed by atoms with E-state index >= 15 is 0 Å². The Morgan fingerprint density at radius 2 is 0.804 bits per heavy atom. The molecule has 0 radical (unpaired) electrons. The molecule has 0 unspecified atom stereocenters. The van der Waals surface area contributed by atoms with Crippen molar-refractivity contribution in [3.05, 3.63) is 96.1 Å². The molecule has 2 aliphatic carbocycles. The Kier molecular flexibility index (Phi) is 8.97. The Labute approximate surface area is 279 Å². The van der Waals surface area contributed by atoms with Crippen molar-refractivity contribution >= 4 is 16.3 Å². The van der Waals surface area contributed by atoms with Gasteiger partial charge >= 0.3 is 0 Å². The van der Waals surface area contributed by atoms with E-state index in [0.717, 1.165) is 35.2 Å². The standard InChI is InChI=1S/C42H48O2P2/c1-29-21-23-37(31-13-5-3-6-14-31)41(43-45-25-33-17-9-10-18-34(33)26-45)39(29)40-30(2)22-24-38(32-15-7-4-8-16-32)42(40)44-46-27-35-19-11-12-20-36(35)28-46/h3-8,13-16,21-24,33-36H,9-12,17-20,25-28H2,1-2H3/t33-,34-,35-,36-/m1/s1. The second-order valence-corrected chi connectivity index (χ2v) is 18.2. The van der Waals surface area contributed by atoms with Crippen molar-refractivity contribution in [3.8, 4) is 44.9 Å². The van der Waals surface area contributed by atoms with Gasteiger partial charge in [0.1, 0.15) is 11.5 Å². The van der Waals surface area contributed by atoms with Gasteiger partial charge in [-0.05, 0) is 85.5 Å². The van der Waals surface area contributed by atoms with Crippen LogP contribution in [0.1, 0.15) is 62.5 Å². The maximum absolute atomic E-state index is 7.44. The molecule has 2 saturated carbocycles. The van der Waals surface area contributed by atoms with E-state index in [9.17, 15) is 0 Å². The molecule has 4 heteroatoms. The normalized spacial score (nSPS) is 24.8. The molecular formula is C42H48O2P2. The second kappa shape index (κ2) is 13.5. The summed E-state index contributed by atoms with van der Waals surface area (Å²) in [4.78, 5) is 0. The van der Waals surface area contributed by atoms with Crippen LogP contribution in [0.4, 0.5) is 0 Å². The van der Waals surface area contributed by atoms with E-state index in [2.05, 4.69) is 98.8 Å². The highest BCUT2D eigenvalue weighted by molar-refractivity contribution is 7.53. The SMILES string of the molecule is Cc1ccc(-c2ccccc2)c(OP2C[C@H]3CCCC[C@@H]3C2)c1-c1c(C)ccc(-c2ccccc2)c1OP1C[C@H]2CCCC[C@@H]2C1. The predicted octanol–water partition coefficient (Wildman–Crippen LogP) is 12.5. The van der Waals surface area contributed by atoms with Crippen molar-refractivity contribution in [1.82, 2.24) is 0 Å². The Bertz CT molecular complexity index is 1520. The van der Waals surface area contributed by atoms with Crippen molar-refractivity contribution in [2.75, 3.05) is 24.6 Å². The molecule has 4 aromatic rings. The molecule has 4 aromatic carbocycles. The lowest BCUT2D eigenvalue weighted by Gasteiger charge is -2.26. The fourth-order valence-electron chi connectivity index (χ4n) is 9.00. The fourth-order valence-corrected chi connectivity index (χ4v) is 14.5. The highest BCUT2D eigenvalue weighted by atomic mass is 31.1. The first-order valence-corrected chi connectivity index (χ1v) is 21.1. The summed E-state index contributed by atoms with van der Waals surface area (Å²) in [6.07, 6.45) is 16.1. The first-order valence-electron chi connectivity index (χ1n) is 17.9. The summed E-state index contributed by atoms with van der Waals surface area (Å²) in [7, 11) is -1.05. The number of rotatable bonds is 7. The Morgan fingerprint density at radius 1 is 0.457 bits per heavy atom. The van der Waals surface area contributed by atoms with E-state index in [1.54, 1.807) is 0 Å². The molecule has 2 aliphatic heterocycles. The van der Waals surface area contributed by atoms with Gasteiger partial charge in [-0.15, -0.1) is 0 Å². The van der Waals surface area contributed by atoms with Crippen LogP contribution < -0.4 is 9.05 Å². The van der Waals surface area contributed by atoms with E-state index in [-0.39, 0.29) is 0 Å². The third kappa shape index (κ3) is 6.06. The molecule has 46 heavy (non-hydrogen) atoms. The van der Waals surface area contributed by atoms with Gasteiger partial charge in [-0.1, -0.05) is 111 Å². The molecular weight excluding hydrogens is 598 g/mol. The molecule has 4 aliphatic rings. The topological polar surface area (TPSA) is 18.5 Å². The molecule has 0 amide bonds. The van der Waals surface area contributed by atoms with Crippen LogP contribution in [0.5, 0.6) is 11.5 Å². The van der Waals surface area contributed by atoms with Crippen molar-refractivity contribution in [2.45, 2.75) is 65.2 Å². The van der Waals surface area contributed by atoms with Gasteiger partial charge in [0.15, 0.2) is 0 Å². The molecule has 4 fully saturated rings. The number of aryl methyl sites for hydroxylation is 2. The van der Waals surface area contributed by atoms with Crippen LogP contribution in [0.25, 0.3) is 33.4 Å². The number of hydrogen-bond acceptors (Lipinski definition) is 2. The smallest absolute Gasteiger partial charge is 0.139 e. The summed E-state index contributed by atoms with van der Waals surface area (Å²) < 4.78 is 14.9. The van der Waals surface area contributed by atoms with Gasteiger partial charge < -0.3 is 9.05 Å². The summed E-state index contributed by atoms with van der Waals surface area (Å²) in [5.41, 5.74) is 9.92. The first kappa shape index (κ1) is 30.7. The zero-order valence-electron chi connectivity index (χ0n) is 27.6. The molecule has 0 spiro atoms. The third-order valence-electron chi connectivity index (χ3n) is 11.5. The van der Waals surface area contributed by atoms with Gasteiger partial charge in [-0.3, -0.25) is 0 Å². The van der Waals surface area contributed by atoms with Crippen molar-refractivity contribution in [1.29, 1.82) is 0 Å². The highest BCUT2D eigenvalue weighted by Crippen LogP contribution is 2.60. The largest absolute Gasteiger partial charge is 0.473 e. The highest BCUT2D eigenvalue weighted by Gasteiger charge is 2.40. The van der Waals surface area contributed by atoms with Crippen LogP contribution in [-0.2, 0) is 0 Å². The summed E-state index contributed by atoms with van der Waals surface area (Å²) in [5.74, 6) is 5.57. The van der Waals surface area contributed by atoms with Crippen LogP contribution in [0.3, 0.4) is 0 Å². The van der Waals surface area contributed by atoms with Crippen LogP contribution in [-0.4, -0.2) is 24.6 Å². The van der Waals surface area contributed by atoms with Gasteiger partial charge in [0.25, 0.3) is 0 Å². The second-order valence-electron chi connectivity index (χ2n) is 14.5. The van der Waals surface area contributed by atoms with E-state index in [0.29, 0.717) is 0 Å². The summed E-state index contributed by atoms with van der Waals surface area (Å²) in [6, 6.07) is 31.1. The molecule has 2 heterocycles. The average Bonchev–Trinajstić information content (AvgIpc) is 3.70. The molecule has 238 valence electrons. The number of fused-ring (bicyclic) bond motifs is 2. The summed E-state index contributed by atoms with van der Waals surface area (Å²) in [6.45, 7) is 4.57. The van der Waals surface area contributed by atoms with Gasteiger partial charge in [-0.2, -0.15) is 0 Å². The van der Waals surface area contributed by atoms with Gasteiger partial charge in [0, 0.05) is 46.9 Å². The lowest BCUT2D eigenvalue weighted by Crippen LogP contribution is -2.16. The minimum Gasteiger partial charge on any atom is -0.473 e. The van der Waals surface area contributed by atoms with E-state index in [1.165, 1.54) is 121 Å². The third-order valence-corrected chi connectivity index (χ3v) is 15.9. The quantitative estimate of drug-likeness (QED) is 0.186. The van der Waals surface area contributed by atoms with E-state index in [4.69, 9.17) is 9.05 Å². The number of hydrogen-bond donors (Lipinski definition) is 0. The van der Waals surface area contributed by atoms with Crippen LogP contribution in [0, 0.1) is 37.5 Å². The van der Waals surface area contributed by atoms with Crippen LogP contribution in [0.15, 0.2) is 84.9 Å². The van der Waals surface area contributed by atoms with Crippen molar-refractivity contribution in [3.63, 3.8) is 0 Å². The predicted molar refractivity (Wildman–Crippen MR) is 198 cm³/mol. The van der Waals surface area contributed by atoms with Crippen molar-refractivity contribution in [2.24, 2.45) is 23.7 Å². The summed E-state index contributed by atoms with van der Waals surface area (Å²) >= 11 is 0. The molecule has 0 N–H and O–H groups in total. The maximum Gasteiger partial charge on any atom is 0.139 e. The Hall–Kier alpha value is -2.66. The average molecular weight is 647 g/mol. The molecule has 4 atom stereocenters. The lowest BCUT2D eigenvalue weighted by molar-refractivity contribution is 0.299. The first-order chi connectivity index (χ1) is 22.6. The Balaban J connectivity index is 1.29. The van der Waals surface area contributed by atoms with Crippen LogP contribution >= 0.6 is 16.3 Å². The molecule has 8 rings (SSSR count). The number of benzene rings is 4. The molecule has 0 bridgehead atoms. The molecule has 2 nitrogen and oxygen atoms in total. The maximum atomic E-state index is 7.44. The minimum atomic E-state index is -0.527. The van der Waals surface area contributed by atoms with Crippen molar-refractivity contribution < 1.29 is 9.05 Å². The van der Waals surface area contributed by atoms with E-state index in [1.807, 2.05) is 0 Å². The zero-order valence-corrected chi connectivity index (χ0v) is 29.4. The van der Waals surface area contributed by atoms with Gasteiger partial charge in [0.05, 0.1) is 16.3 Å². The van der Waals surface area contributed by atoms with Gasteiger partial charge in [-0.25, -0.2) is 0 Å². The lowest BCUT2D eigenvalue weighted by atomic mass is 9.82.